The molecule has 1 aromatic heterocycles. The van der Waals surface area contributed by atoms with E-state index in [-0.39, 0.29) is 17.8 Å². The number of methoxy groups -OCH3 is 1. The molecule has 0 saturated carbocycles. The molecule has 1 aliphatic heterocycles. The Kier molecular flexibility index (Phi) is 7.98. The Morgan fingerprint density at radius 2 is 2.06 bits per heavy atom. The third-order valence-electron chi connectivity index (χ3n) is 6.04. The highest BCUT2D eigenvalue weighted by molar-refractivity contribution is 5.89. The molecule has 1 atom stereocenters. The monoisotopic (exact) mass is 475 g/mol. The minimum absolute atomic E-state index is 0.128. The van der Waals surface area contributed by atoms with Gasteiger partial charge in [0.15, 0.2) is 0 Å². The smallest absolute Gasteiger partial charge is 0.321 e. The van der Waals surface area contributed by atoms with Crippen LogP contribution in [0, 0.1) is 11.7 Å². The largest absolute Gasteiger partial charge is 0.493 e. The molecule has 1 unspecified atom stereocenters. The number of pyridine rings is 1. The molecular formula is C28H30FN3O3. The number of anilines is 1. The molecule has 7 heteroatoms. The van der Waals surface area contributed by atoms with Crippen LogP contribution in [0.2, 0.25) is 0 Å². The van der Waals surface area contributed by atoms with Gasteiger partial charge in [0.1, 0.15) is 11.6 Å². The highest BCUT2D eigenvalue weighted by Crippen LogP contribution is 2.26. The van der Waals surface area contributed by atoms with E-state index < -0.39 is 0 Å². The molecule has 4 rings (SSSR count). The molecule has 35 heavy (non-hydrogen) atoms. The standard InChI is InChI=1S/C28H30FN3O3/c1-20-19-32(28(33)31-25-9-10-27(34-2)30-18-25)13-11-23(20)15-22-6-4-8-26(17-22)35-14-12-21-5-3-7-24(29)16-21/h3-10,15-18,20H,11-14,19H2,1-2H3,(H,31,33). The SMILES string of the molecule is COc1ccc(NC(=O)N2CCC(=Cc3cccc(OCCc4cccc(F)c4)c3)C(C)C2)cn1. The summed E-state index contributed by atoms with van der Waals surface area (Å²) in [5.74, 6) is 1.30. The predicted molar refractivity (Wildman–Crippen MR) is 135 cm³/mol. The van der Waals surface area contributed by atoms with Crippen LogP contribution in [0.5, 0.6) is 11.6 Å². The third-order valence-corrected chi connectivity index (χ3v) is 6.04. The van der Waals surface area contributed by atoms with Crippen molar-refractivity contribution in [2.75, 3.05) is 32.1 Å². The molecule has 1 aliphatic rings. The lowest BCUT2D eigenvalue weighted by Gasteiger charge is -2.33. The zero-order valence-electron chi connectivity index (χ0n) is 20.0. The van der Waals surface area contributed by atoms with E-state index in [9.17, 15) is 9.18 Å². The van der Waals surface area contributed by atoms with Crippen LogP contribution in [0.25, 0.3) is 6.08 Å². The number of hydrogen-bond acceptors (Lipinski definition) is 4. The molecule has 6 nitrogen and oxygen atoms in total. The molecule has 1 saturated heterocycles. The first-order valence-electron chi connectivity index (χ1n) is 11.7. The van der Waals surface area contributed by atoms with Gasteiger partial charge >= 0.3 is 6.03 Å². The van der Waals surface area contributed by atoms with Crippen molar-refractivity contribution >= 4 is 17.8 Å². The normalized spacial score (nSPS) is 16.7. The number of halogens is 1. The van der Waals surface area contributed by atoms with E-state index in [0.29, 0.717) is 37.7 Å². The maximum absolute atomic E-state index is 13.3. The van der Waals surface area contributed by atoms with Crippen molar-refractivity contribution in [3.8, 4) is 11.6 Å². The second-order valence-corrected chi connectivity index (χ2v) is 8.64. The number of benzene rings is 2. The van der Waals surface area contributed by atoms with E-state index in [1.54, 1.807) is 31.5 Å². The van der Waals surface area contributed by atoms with Crippen molar-refractivity contribution in [3.63, 3.8) is 0 Å². The van der Waals surface area contributed by atoms with Crippen LogP contribution in [-0.2, 0) is 6.42 Å². The fourth-order valence-corrected chi connectivity index (χ4v) is 4.11. The minimum Gasteiger partial charge on any atom is -0.493 e. The summed E-state index contributed by atoms with van der Waals surface area (Å²) in [4.78, 5) is 18.7. The second kappa shape index (κ2) is 11.5. The first kappa shape index (κ1) is 24.3. The Morgan fingerprint density at radius 1 is 1.20 bits per heavy atom. The van der Waals surface area contributed by atoms with Crippen molar-refractivity contribution in [1.29, 1.82) is 0 Å². The summed E-state index contributed by atoms with van der Waals surface area (Å²) in [5.41, 5.74) is 3.92. The van der Waals surface area contributed by atoms with Gasteiger partial charge in [0.05, 0.1) is 25.6 Å². The molecule has 182 valence electrons. The molecule has 3 aromatic rings. The number of urea groups is 1. The summed E-state index contributed by atoms with van der Waals surface area (Å²) >= 11 is 0. The summed E-state index contributed by atoms with van der Waals surface area (Å²) in [6.07, 6.45) is 5.22. The summed E-state index contributed by atoms with van der Waals surface area (Å²) in [5, 5.41) is 2.90. The molecule has 1 fully saturated rings. The van der Waals surface area contributed by atoms with Crippen molar-refractivity contribution in [2.45, 2.75) is 19.8 Å². The molecule has 2 heterocycles. The minimum atomic E-state index is -0.230. The molecule has 2 amide bonds. The molecule has 1 N–H and O–H groups in total. The third kappa shape index (κ3) is 6.82. The number of piperidine rings is 1. The van der Waals surface area contributed by atoms with Crippen LogP contribution in [-0.4, -0.2) is 42.7 Å². The molecule has 0 bridgehead atoms. The van der Waals surface area contributed by atoms with Gasteiger partial charge in [-0.2, -0.15) is 0 Å². The fraction of sp³-hybridized carbons (Fsp3) is 0.286. The van der Waals surface area contributed by atoms with Gasteiger partial charge in [-0.3, -0.25) is 0 Å². The Balaban J connectivity index is 1.31. The number of hydrogen-bond donors (Lipinski definition) is 1. The molecule has 2 aromatic carbocycles. The van der Waals surface area contributed by atoms with E-state index in [2.05, 4.69) is 29.4 Å². The van der Waals surface area contributed by atoms with Crippen LogP contribution >= 0.6 is 0 Å². The molecule has 0 spiro atoms. The van der Waals surface area contributed by atoms with E-state index >= 15 is 0 Å². The highest BCUT2D eigenvalue weighted by Gasteiger charge is 2.24. The van der Waals surface area contributed by atoms with E-state index in [4.69, 9.17) is 9.47 Å². The van der Waals surface area contributed by atoms with Crippen molar-refractivity contribution in [3.05, 3.63) is 89.4 Å². The van der Waals surface area contributed by atoms with Crippen molar-refractivity contribution in [1.82, 2.24) is 9.88 Å². The maximum Gasteiger partial charge on any atom is 0.321 e. The number of rotatable bonds is 7. The van der Waals surface area contributed by atoms with Gasteiger partial charge < -0.3 is 19.7 Å². The quantitative estimate of drug-likeness (QED) is 0.469. The highest BCUT2D eigenvalue weighted by atomic mass is 19.1. The number of nitrogens with zero attached hydrogens (tertiary/aromatic N) is 2. The molecule has 0 radical (unpaired) electrons. The fourth-order valence-electron chi connectivity index (χ4n) is 4.11. The first-order valence-corrected chi connectivity index (χ1v) is 11.7. The van der Waals surface area contributed by atoms with Gasteiger partial charge in [-0.15, -0.1) is 0 Å². The average molecular weight is 476 g/mol. The summed E-state index contributed by atoms with van der Waals surface area (Å²) in [6, 6.07) is 17.9. The number of aromatic nitrogens is 1. The van der Waals surface area contributed by atoms with E-state index in [1.807, 2.05) is 29.2 Å². The number of likely N-dealkylation sites (tertiary alicyclic amines) is 1. The van der Waals surface area contributed by atoms with Crippen LogP contribution in [0.1, 0.15) is 24.5 Å². The lowest BCUT2D eigenvalue weighted by molar-refractivity contribution is 0.198. The molecule has 0 aliphatic carbocycles. The lowest BCUT2D eigenvalue weighted by atomic mass is 9.91. The Morgan fingerprint density at radius 3 is 2.80 bits per heavy atom. The Hall–Kier alpha value is -3.87. The predicted octanol–water partition coefficient (Wildman–Crippen LogP) is 5.81. The first-order chi connectivity index (χ1) is 17.0. The van der Waals surface area contributed by atoms with Gasteiger partial charge in [-0.25, -0.2) is 14.2 Å². The number of carbonyl (C=O) groups is 1. The maximum atomic E-state index is 13.3. The Labute approximate surface area is 205 Å². The van der Waals surface area contributed by atoms with Gasteiger partial charge in [-0.05, 0) is 53.8 Å². The zero-order chi connectivity index (χ0) is 24.6. The lowest BCUT2D eigenvalue weighted by Crippen LogP contribution is -2.42. The van der Waals surface area contributed by atoms with Crippen LogP contribution in [0.3, 0.4) is 0 Å². The Bertz CT molecular complexity index is 1180. The number of ether oxygens (including phenoxy) is 2. The van der Waals surface area contributed by atoms with Crippen molar-refractivity contribution in [2.24, 2.45) is 5.92 Å². The van der Waals surface area contributed by atoms with Crippen LogP contribution in [0.15, 0.2) is 72.4 Å². The van der Waals surface area contributed by atoms with Crippen LogP contribution in [0.4, 0.5) is 14.9 Å². The van der Waals surface area contributed by atoms with Crippen molar-refractivity contribution < 1.29 is 18.7 Å². The molecular weight excluding hydrogens is 445 g/mol. The summed E-state index contributed by atoms with van der Waals surface area (Å²) in [7, 11) is 1.55. The second-order valence-electron chi connectivity index (χ2n) is 8.64. The summed E-state index contributed by atoms with van der Waals surface area (Å²) < 4.78 is 24.3. The average Bonchev–Trinajstić information content (AvgIpc) is 2.86. The number of carbonyl (C=O) groups excluding carboxylic acids is 1. The van der Waals surface area contributed by atoms with Gasteiger partial charge in [0, 0.05) is 25.6 Å². The van der Waals surface area contributed by atoms with Gasteiger partial charge in [-0.1, -0.05) is 42.8 Å². The van der Waals surface area contributed by atoms with Crippen LogP contribution < -0.4 is 14.8 Å². The van der Waals surface area contributed by atoms with Gasteiger partial charge in [0.25, 0.3) is 0 Å². The number of nitrogens with one attached hydrogen (secondary N) is 1. The van der Waals surface area contributed by atoms with Gasteiger partial charge in [0.2, 0.25) is 5.88 Å². The number of amides is 2. The summed E-state index contributed by atoms with van der Waals surface area (Å²) in [6.45, 7) is 3.91. The zero-order valence-corrected chi connectivity index (χ0v) is 20.0. The topological polar surface area (TPSA) is 63.7 Å². The van der Waals surface area contributed by atoms with E-state index in [1.165, 1.54) is 17.7 Å². The van der Waals surface area contributed by atoms with E-state index in [0.717, 1.165) is 23.3 Å².